The Labute approximate surface area is 178 Å². The second kappa shape index (κ2) is 17.4. The predicted octanol–water partition coefficient (Wildman–Crippen LogP) is 2.52. The van der Waals surface area contributed by atoms with E-state index >= 15 is 0 Å². The molecule has 5 N–H and O–H groups in total. The summed E-state index contributed by atoms with van der Waals surface area (Å²) in [7, 11) is -4.57. The molecule has 0 aromatic carbocycles. The van der Waals surface area contributed by atoms with Crippen molar-refractivity contribution in [3.8, 4) is 0 Å². The van der Waals surface area contributed by atoms with Gasteiger partial charge < -0.3 is 25.6 Å². The van der Waals surface area contributed by atoms with Crippen LogP contribution in [0.15, 0.2) is 12.2 Å². The van der Waals surface area contributed by atoms with Crippen LogP contribution < -0.4 is 5.73 Å². The number of esters is 1. The summed E-state index contributed by atoms with van der Waals surface area (Å²) in [6, 6.07) is -1.48. The summed E-state index contributed by atoms with van der Waals surface area (Å²) in [5.74, 6) is -1.87. The van der Waals surface area contributed by atoms with E-state index < -0.39 is 51.7 Å². The maximum absolute atomic E-state index is 11.6. The fraction of sp³-hybridized carbons (Fsp3) is 0.789. The van der Waals surface area contributed by atoms with Crippen molar-refractivity contribution in [2.24, 2.45) is 5.73 Å². The highest BCUT2D eigenvalue weighted by Crippen LogP contribution is 2.43. The molecule has 0 spiro atoms. The average Bonchev–Trinajstić information content (AvgIpc) is 2.70. The molecule has 0 aromatic heterocycles. The molecule has 0 aromatic rings. The van der Waals surface area contributed by atoms with Crippen molar-refractivity contribution in [1.29, 1.82) is 0 Å². The highest BCUT2D eigenvalue weighted by Gasteiger charge is 2.26. The molecule has 0 aliphatic heterocycles. The maximum atomic E-state index is 11.6. The zero-order chi connectivity index (χ0) is 22.8. The number of carboxylic acids is 1. The molecular weight excluding hydrogens is 417 g/mol. The molecular formula is C19H36NO9P. The predicted molar refractivity (Wildman–Crippen MR) is 111 cm³/mol. The van der Waals surface area contributed by atoms with Gasteiger partial charge in [-0.05, 0) is 25.7 Å². The van der Waals surface area contributed by atoms with Crippen molar-refractivity contribution in [2.45, 2.75) is 76.9 Å². The normalized spacial score (nSPS) is 15.6. The molecule has 0 saturated carbocycles. The molecule has 0 saturated heterocycles. The number of ether oxygens (including phenoxy) is 1. The number of aliphatic hydroxyl groups excluding tert-OH is 1. The largest absolute Gasteiger partial charge is 0.480 e. The minimum absolute atomic E-state index is 0.235. The van der Waals surface area contributed by atoms with E-state index in [0.717, 1.165) is 44.9 Å². The topological polar surface area (TPSA) is 166 Å². The Morgan fingerprint density at radius 3 is 2.27 bits per heavy atom. The van der Waals surface area contributed by atoms with Crippen LogP contribution in [0.5, 0.6) is 0 Å². The summed E-state index contributed by atoms with van der Waals surface area (Å²) >= 11 is 0. The third-order valence-corrected chi connectivity index (χ3v) is 4.93. The Hall–Kier alpha value is -1.29. The molecule has 0 heterocycles. The molecule has 176 valence electrons. The Kier molecular flexibility index (Phi) is 16.6. The monoisotopic (exact) mass is 453 g/mol. The summed E-state index contributed by atoms with van der Waals surface area (Å²) in [6.45, 7) is 0.396. The van der Waals surface area contributed by atoms with Gasteiger partial charge in [-0.15, -0.1) is 0 Å². The van der Waals surface area contributed by atoms with Crippen LogP contribution in [0, 0.1) is 0 Å². The van der Waals surface area contributed by atoms with Gasteiger partial charge in [-0.2, -0.15) is 0 Å². The van der Waals surface area contributed by atoms with Gasteiger partial charge in [0.1, 0.15) is 18.8 Å². The number of aliphatic hydroxyl groups is 1. The molecule has 3 atom stereocenters. The first-order chi connectivity index (χ1) is 14.2. The van der Waals surface area contributed by atoms with Crippen LogP contribution in [0.1, 0.15) is 64.7 Å². The average molecular weight is 453 g/mol. The van der Waals surface area contributed by atoms with Crippen LogP contribution in [-0.4, -0.2) is 59.0 Å². The number of carbonyl (C=O) groups excluding carboxylic acids is 1. The Bertz CT molecular complexity index is 556. The highest BCUT2D eigenvalue weighted by molar-refractivity contribution is 7.47. The van der Waals surface area contributed by atoms with Crippen molar-refractivity contribution in [1.82, 2.24) is 0 Å². The third-order valence-electron chi connectivity index (χ3n) is 3.97. The van der Waals surface area contributed by atoms with Crippen LogP contribution in [-0.2, 0) is 27.9 Å². The molecule has 10 nitrogen and oxygen atoms in total. The number of unbranched alkanes of at least 4 members (excludes halogenated alkanes) is 6. The summed E-state index contributed by atoms with van der Waals surface area (Å²) in [6.07, 6.45) is 11.6. The number of carboxylic acid groups (broad SMARTS) is 1. The second-order valence-electron chi connectivity index (χ2n) is 6.91. The minimum Gasteiger partial charge on any atom is -0.480 e. The molecule has 0 fully saturated rings. The van der Waals surface area contributed by atoms with Crippen LogP contribution >= 0.6 is 7.82 Å². The summed E-state index contributed by atoms with van der Waals surface area (Å²) < 4.78 is 25.4. The molecule has 11 heteroatoms. The second-order valence-corrected chi connectivity index (χ2v) is 8.36. The standard InChI is InChI=1S/C19H36NO9P/c1-2-3-4-5-6-7-8-9-10-11-12-18(22)27-13-16(21)14-28-30(25,26)29-15-17(20)19(23)24/h4-5,16-17,21H,2-3,6-15,20H2,1H3,(H,23,24)(H,25,26)/b5-4-. The zero-order valence-corrected chi connectivity index (χ0v) is 18.5. The summed E-state index contributed by atoms with van der Waals surface area (Å²) in [5.41, 5.74) is 5.13. The van der Waals surface area contributed by atoms with Crippen molar-refractivity contribution in [2.75, 3.05) is 19.8 Å². The molecule has 0 bridgehead atoms. The lowest BCUT2D eigenvalue weighted by Crippen LogP contribution is -2.34. The van der Waals surface area contributed by atoms with E-state index in [1.165, 1.54) is 0 Å². The Balaban J connectivity index is 3.73. The van der Waals surface area contributed by atoms with Crippen molar-refractivity contribution < 1.29 is 43.0 Å². The van der Waals surface area contributed by atoms with E-state index in [1.807, 2.05) is 0 Å². The van der Waals surface area contributed by atoms with Gasteiger partial charge in [0.05, 0.1) is 13.2 Å². The highest BCUT2D eigenvalue weighted by atomic mass is 31.2. The first kappa shape index (κ1) is 28.7. The van der Waals surface area contributed by atoms with E-state index in [9.17, 15) is 24.2 Å². The zero-order valence-electron chi connectivity index (χ0n) is 17.6. The maximum Gasteiger partial charge on any atom is 0.472 e. The van der Waals surface area contributed by atoms with Gasteiger partial charge in [-0.3, -0.25) is 18.6 Å². The van der Waals surface area contributed by atoms with E-state index in [1.54, 1.807) is 0 Å². The molecule has 0 radical (unpaired) electrons. The van der Waals surface area contributed by atoms with Gasteiger partial charge in [0.2, 0.25) is 0 Å². The van der Waals surface area contributed by atoms with Crippen molar-refractivity contribution >= 4 is 19.8 Å². The number of hydrogen-bond acceptors (Lipinski definition) is 8. The number of rotatable bonds is 19. The molecule has 0 aliphatic carbocycles. The van der Waals surface area contributed by atoms with Gasteiger partial charge in [0.25, 0.3) is 0 Å². The van der Waals surface area contributed by atoms with Crippen molar-refractivity contribution in [3.05, 3.63) is 12.2 Å². The Morgan fingerprint density at radius 1 is 1.00 bits per heavy atom. The van der Waals surface area contributed by atoms with E-state index in [4.69, 9.17) is 15.6 Å². The Morgan fingerprint density at radius 2 is 1.60 bits per heavy atom. The lowest BCUT2D eigenvalue weighted by Gasteiger charge is -2.16. The molecule has 30 heavy (non-hydrogen) atoms. The van der Waals surface area contributed by atoms with Gasteiger partial charge in [0, 0.05) is 6.42 Å². The van der Waals surface area contributed by atoms with E-state index in [0.29, 0.717) is 6.42 Å². The minimum atomic E-state index is -4.57. The number of phosphoric acid groups is 1. The quantitative estimate of drug-likeness (QED) is 0.0988. The molecule has 3 unspecified atom stereocenters. The lowest BCUT2D eigenvalue weighted by atomic mass is 10.1. The third kappa shape index (κ3) is 17.6. The number of nitrogens with two attached hydrogens (primary N) is 1. The summed E-state index contributed by atoms with van der Waals surface area (Å²) in [4.78, 5) is 31.5. The number of carbonyl (C=O) groups is 2. The number of aliphatic carboxylic acids is 1. The fourth-order valence-corrected chi connectivity index (χ4v) is 3.02. The molecule has 0 amide bonds. The van der Waals surface area contributed by atoms with E-state index in [-0.39, 0.29) is 6.42 Å². The lowest BCUT2D eigenvalue weighted by molar-refractivity contribution is -0.147. The number of phosphoric ester groups is 1. The van der Waals surface area contributed by atoms with Crippen LogP contribution in [0.4, 0.5) is 0 Å². The molecule has 0 rings (SSSR count). The van der Waals surface area contributed by atoms with Gasteiger partial charge in [-0.25, -0.2) is 4.57 Å². The number of allylic oxidation sites excluding steroid dienone is 2. The van der Waals surface area contributed by atoms with Gasteiger partial charge in [0.15, 0.2) is 0 Å². The van der Waals surface area contributed by atoms with Crippen LogP contribution in [0.25, 0.3) is 0 Å². The van der Waals surface area contributed by atoms with Crippen LogP contribution in [0.3, 0.4) is 0 Å². The van der Waals surface area contributed by atoms with Gasteiger partial charge in [-0.1, -0.05) is 44.8 Å². The number of hydrogen-bond donors (Lipinski definition) is 4. The smallest absolute Gasteiger partial charge is 0.472 e. The van der Waals surface area contributed by atoms with Crippen LogP contribution in [0.2, 0.25) is 0 Å². The first-order valence-electron chi connectivity index (χ1n) is 10.3. The summed E-state index contributed by atoms with van der Waals surface area (Å²) in [5, 5.41) is 18.2. The SMILES string of the molecule is CCC/C=C\CCCCCCCC(=O)OCC(O)COP(=O)(O)OCC(N)C(=O)O. The molecule has 0 aliphatic rings. The first-order valence-corrected chi connectivity index (χ1v) is 11.8. The van der Waals surface area contributed by atoms with E-state index in [2.05, 4.69) is 28.1 Å². The van der Waals surface area contributed by atoms with Crippen molar-refractivity contribution in [3.63, 3.8) is 0 Å². The fourth-order valence-electron chi connectivity index (χ4n) is 2.24. The van der Waals surface area contributed by atoms with Gasteiger partial charge >= 0.3 is 19.8 Å².